The van der Waals surface area contributed by atoms with Crippen LogP contribution in [0, 0.1) is 37.0 Å². The molecule has 150 valence electrons. The second kappa shape index (κ2) is 6.71. The number of nitrogens with one attached hydrogen (secondary N) is 1. The van der Waals surface area contributed by atoms with Gasteiger partial charge < -0.3 is 5.32 Å². The molecule has 0 saturated heterocycles. The Labute approximate surface area is 170 Å². The minimum atomic E-state index is 0.0997. The summed E-state index contributed by atoms with van der Waals surface area (Å²) in [4.78, 5) is 17.1. The van der Waals surface area contributed by atoms with Crippen LogP contribution in [0.5, 0.6) is 0 Å². The molecule has 2 aromatic rings. The molecule has 7 heteroatoms. The van der Waals surface area contributed by atoms with Gasteiger partial charge in [0.1, 0.15) is 0 Å². The molecule has 1 atom stereocenters. The first-order chi connectivity index (χ1) is 13.4. The summed E-state index contributed by atoms with van der Waals surface area (Å²) in [7, 11) is 0. The van der Waals surface area contributed by atoms with Crippen LogP contribution in [-0.4, -0.2) is 37.3 Å². The normalized spacial score (nSPS) is 32.0. The Hall–Kier alpha value is -1.63. The van der Waals surface area contributed by atoms with Crippen LogP contribution < -0.4 is 5.32 Å². The molecule has 4 fully saturated rings. The first kappa shape index (κ1) is 18.4. The molecule has 2 aromatic heterocycles. The quantitative estimate of drug-likeness (QED) is 0.779. The van der Waals surface area contributed by atoms with E-state index in [0.717, 1.165) is 34.3 Å². The molecule has 1 amide bonds. The lowest BCUT2D eigenvalue weighted by Crippen LogP contribution is -2.56. The van der Waals surface area contributed by atoms with Gasteiger partial charge in [-0.1, -0.05) is 11.8 Å². The maximum atomic E-state index is 12.7. The Morgan fingerprint density at radius 1 is 1.21 bits per heavy atom. The van der Waals surface area contributed by atoms with E-state index in [9.17, 15) is 4.79 Å². The second-order valence-electron chi connectivity index (χ2n) is 9.51. The smallest absolute Gasteiger partial charge is 0.256 e. The van der Waals surface area contributed by atoms with Crippen molar-refractivity contribution in [1.29, 1.82) is 0 Å². The first-order valence-electron chi connectivity index (χ1n) is 10.5. The summed E-state index contributed by atoms with van der Waals surface area (Å²) in [6.45, 7) is 6.21. The minimum Gasteiger partial charge on any atom is -0.352 e. The molecule has 6 rings (SSSR count). The largest absolute Gasteiger partial charge is 0.352 e. The highest BCUT2D eigenvalue weighted by molar-refractivity contribution is 7.99. The van der Waals surface area contributed by atoms with Crippen LogP contribution in [0.2, 0.25) is 0 Å². The number of thioether (sulfide) groups is 1. The Balaban J connectivity index is 1.24. The summed E-state index contributed by atoms with van der Waals surface area (Å²) in [5.41, 5.74) is 2.31. The van der Waals surface area contributed by atoms with Crippen LogP contribution in [0.25, 0.3) is 5.78 Å². The summed E-state index contributed by atoms with van der Waals surface area (Å²) in [5.74, 6) is 3.78. The molecule has 1 unspecified atom stereocenters. The van der Waals surface area contributed by atoms with Gasteiger partial charge in [0, 0.05) is 17.4 Å². The molecule has 28 heavy (non-hydrogen) atoms. The van der Waals surface area contributed by atoms with Gasteiger partial charge in [0.25, 0.3) is 5.78 Å². The SMILES string of the molecule is Cc1cc(C)n2c(SCC(=O)NC(C)C34CC5CC(CC(C5)C3)C4)nnc2n1. The lowest BCUT2D eigenvalue weighted by Gasteiger charge is -2.59. The topological polar surface area (TPSA) is 72.2 Å². The van der Waals surface area contributed by atoms with E-state index >= 15 is 0 Å². The summed E-state index contributed by atoms with van der Waals surface area (Å²) in [5, 5.41) is 12.5. The number of fused-ring (bicyclic) bond motifs is 1. The molecular weight excluding hydrogens is 370 g/mol. The van der Waals surface area contributed by atoms with E-state index in [1.54, 1.807) is 0 Å². The molecule has 4 saturated carbocycles. The second-order valence-corrected chi connectivity index (χ2v) is 10.5. The number of carbonyl (C=O) groups is 1. The predicted molar refractivity (Wildman–Crippen MR) is 109 cm³/mol. The van der Waals surface area contributed by atoms with Crippen molar-refractivity contribution in [2.45, 2.75) is 70.5 Å². The number of hydrogen-bond acceptors (Lipinski definition) is 5. The molecule has 4 aliphatic rings. The van der Waals surface area contributed by atoms with Gasteiger partial charge in [0.05, 0.1) is 5.75 Å². The Morgan fingerprint density at radius 2 is 1.86 bits per heavy atom. The number of aryl methyl sites for hydroxylation is 2. The molecule has 0 aromatic carbocycles. The zero-order chi connectivity index (χ0) is 19.5. The van der Waals surface area contributed by atoms with Gasteiger partial charge in [-0.05, 0) is 88.5 Å². The Kier molecular flexibility index (Phi) is 4.41. The zero-order valence-corrected chi connectivity index (χ0v) is 17.8. The minimum absolute atomic E-state index is 0.0997. The van der Waals surface area contributed by atoms with E-state index < -0.39 is 0 Å². The average molecular weight is 400 g/mol. The standard InChI is InChI=1S/C21H29N5OS/c1-12-4-13(2)26-19(22-12)24-25-20(26)28-11-18(27)23-14(3)21-8-15-5-16(9-21)7-17(6-15)10-21/h4,14-17H,5-11H2,1-3H3,(H,23,27). The van der Waals surface area contributed by atoms with Crippen LogP contribution in [0.1, 0.15) is 56.8 Å². The molecule has 0 radical (unpaired) electrons. The molecule has 4 bridgehead atoms. The zero-order valence-electron chi connectivity index (χ0n) is 16.9. The summed E-state index contributed by atoms with van der Waals surface area (Å²) >= 11 is 1.44. The van der Waals surface area contributed by atoms with Crippen LogP contribution in [0.3, 0.4) is 0 Å². The fourth-order valence-electron chi connectivity index (χ4n) is 6.57. The highest BCUT2D eigenvalue weighted by Crippen LogP contribution is 2.61. The third kappa shape index (κ3) is 3.11. The van der Waals surface area contributed by atoms with Crippen molar-refractivity contribution in [3.8, 4) is 0 Å². The van der Waals surface area contributed by atoms with Crippen molar-refractivity contribution < 1.29 is 4.79 Å². The fraction of sp³-hybridized carbons (Fsp3) is 0.714. The summed E-state index contributed by atoms with van der Waals surface area (Å²) < 4.78 is 1.92. The highest BCUT2D eigenvalue weighted by atomic mass is 32.2. The van der Waals surface area contributed by atoms with E-state index in [1.165, 1.54) is 50.3 Å². The molecule has 4 aliphatic carbocycles. The number of amides is 1. The van der Waals surface area contributed by atoms with Gasteiger partial charge in [-0.2, -0.15) is 0 Å². The van der Waals surface area contributed by atoms with Gasteiger partial charge in [-0.3, -0.25) is 9.20 Å². The molecule has 1 N–H and O–H groups in total. The van der Waals surface area contributed by atoms with Crippen LogP contribution >= 0.6 is 11.8 Å². The Bertz CT molecular complexity index is 888. The van der Waals surface area contributed by atoms with Gasteiger partial charge in [-0.25, -0.2) is 4.98 Å². The third-order valence-electron chi connectivity index (χ3n) is 7.38. The monoisotopic (exact) mass is 399 g/mol. The van der Waals surface area contributed by atoms with Gasteiger partial charge >= 0.3 is 0 Å². The van der Waals surface area contributed by atoms with E-state index in [0.29, 0.717) is 16.9 Å². The van der Waals surface area contributed by atoms with E-state index in [2.05, 4.69) is 27.4 Å². The molecule has 0 spiro atoms. The number of hydrogen-bond donors (Lipinski definition) is 1. The summed E-state index contributed by atoms with van der Waals surface area (Å²) in [6.07, 6.45) is 8.24. The predicted octanol–water partition coefficient (Wildman–Crippen LogP) is 3.55. The maximum Gasteiger partial charge on any atom is 0.256 e. The van der Waals surface area contributed by atoms with Crippen LogP contribution in [0.15, 0.2) is 11.2 Å². The van der Waals surface area contributed by atoms with Crippen LogP contribution in [0.4, 0.5) is 0 Å². The van der Waals surface area contributed by atoms with Crippen molar-refractivity contribution in [1.82, 2.24) is 24.9 Å². The fourth-order valence-corrected chi connectivity index (χ4v) is 7.36. The highest BCUT2D eigenvalue weighted by Gasteiger charge is 2.53. The van der Waals surface area contributed by atoms with Crippen molar-refractivity contribution in [3.05, 3.63) is 17.5 Å². The van der Waals surface area contributed by atoms with Gasteiger partial charge in [0.15, 0.2) is 5.16 Å². The number of rotatable bonds is 5. The number of aromatic nitrogens is 4. The molecule has 6 nitrogen and oxygen atoms in total. The molecule has 2 heterocycles. The third-order valence-corrected chi connectivity index (χ3v) is 8.31. The maximum absolute atomic E-state index is 12.7. The van der Waals surface area contributed by atoms with Crippen molar-refractivity contribution in [2.24, 2.45) is 23.2 Å². The van der Waals surface area contributed by atoms with Gasteiger partial charge in [-0.15, -0.1) is 10.2 Å². The Morgan fingerprint density at radius 3 is 2.50 bits per heavy atom. The van der Waals surface area contributed by atoms with Crippen molar-refractivity contribution in [3.63, 3.8) is 0 Å². The first-order valence-corrected chi connectivity index (χ1v) is 11.5. The van der Waals surface area contributed by atoms with E-state index in [-0.39, 0.29) is 11.9 Å². The number of nitrogens with zero attached hydrogens (tertiary/aromatic N) is 4. The van der Waals surface area contributed by atoms with Crippen LogP contribution in [-0.2, 0) is 4.79 Å². The van der Waals surface area contributed by atoms with Crippen molar-refractivity contribution in [2.75, 3.05) is 5.75 Å². The van der Waals surface area contributed by atoms with E-state index in [1.807, 2.05) is 24.3 Å². The molecular formula is C21H29N5OS. The summed E-state index contributed by atoms with van der Waals surface area (Å²) in [6, 6.07) is 2.27. The average Bonchev–Trinajstić information content (AvgIpc) is 3.02. The van der Waals surface area contributed by atoms with Gasteiger partial charge in [0.2, 0.25) is 5.91 Å². The molecule has 0 aliphatic heterocycles. The number of carbonyl (C=O) groups excluding carboxylic acids is 1. The lowest BCUT2D eigenvalue weighted by molar-refractivity contribution is -0.123. The van der Waals surface area contributed by atoms with E-state index in [4.69, 9.17) is 0 Å². The lowest BCUT2D eigenvalue weighted by atomic mass is 9.48. The van der Waals surface area contributed by atoms with Crippen molar-refractivity contribution >= 4 is 23.4 Å².